The van der Waals surface area contributed by atoms with E-state index in [1.54, 1.807) is 6.20 Å². The molecule has 0 unspecified atom stereocenters. The first-order valence-corrected chi connectivity index (χ1v) is 8.05. The lowest BCUT2D eigenvalue weighted by molar-refractivity contribution is -0.385. The van der Waals surface area contributed by atoms with E-state index >= 15 is 0 Å². The molecule has 0 aliphatic rings. The summed E-state index contributed by atoms with van der Waals surface area (Å²) in [5.74, 6) is 0.0583. The summed E-state index contributed by atoms with van der Waals surface area (Å²) in [6.45, 7) is 4.12. The second kappa shape index (κ2) is 7.28. The van der Waals surface area contributed by atoms with Crippen LogP contribution in [0, 0.1) is 24.0 Å². The van der Waals surface area contributed by atoms with Crippen LogP contribution in [0.2, 0.25) is 0 Å². The fourth-order valence-corrected chi connectivity index (χ4v) is 2.56. The summed E-state index contributed by atoms with van der Waals surface area (Å²) < 4.78 is 8.44. The Bertz CT molecular complexity index is 1010. The fourth-order valence-electron chi connectivity index (χ4n) is 2.56. The number of carbonyl (C=O) groups excluding carboxylic acids is 1. The zero-order valence-corrected chi connectivity index (χ0v) is 15.0. The van der Waals surface area contributed by atoms with Gasteiger partial charge in [0.05, 0.1) is 23.0 Å². The van der Waals surface area contributed by atoms with Crippen LogP contribution < -0.4 is 10.1 Å². The van der Waals surface area contributed by atoms with Gasteiger partial charge in [-0.25, -0.2) is 4.68 Å². The average molecular weight is 370 g/mol. The lowest BCUT2D eigenvalue weighted by Gasteiger charge is -2.09. The van der Waals surface area contributed by atoms with Crippen LogP contribution in [0.25, 0.3) is 0 Å². The van der Waals surface area contributed by atoms with Gasteiger partial charge in [0, 0.05) is 7.05 Å². The maximum Gasteiger partial charge on any atom is 0.320 e. The predicted octanol–water partition coefficient (Wildman–Crippen LogP) is 2.43. The Morgan fingerprint density at radius 3 is 2.81 bits per heavy atom. The van der Waals surface area contributed by atoms with E-state index in [0.717, 1.165) is 16.9 Å². The second-order valence-electron chi connectivity index (χ2n) is 6.06. The largest absolute Gasteiger partial charge is 0.471 e. The molecular weight excluding hydrogens is 352 g/mol. The Hall–Kier alpha value is -3.69. The third-order valence-electron chi connectivity index (χ3n) is 3.80. The highest BCUT2D eigenvalue weighted by Crippen LogP contribution is 2.20. The molecule has 0 saturated carbocycles. The van der Waals surface area contributed by atoms with Gasteiger partial charge in [0.2, 0.25) is 5.69 Å². The summed E-state index contributed by atoms with van der Waals surface area (Å²) in [6, 6.07) is 5.86. The van der Waals surface area contributed by atoms with Gasteiger partial charge in [-0.1, -0.05) is 17.7 Å². The molecule has 27 heavy (non-hydrogen) atoms. The van der Waals surface area contributed by atoms with Crippen molar-refractivity contribution in [1.29, 1.82) is 0 Å². The maximum atomic E-state index is 12.3. The minimum absolute atomic E-state index is 0.156. The van der Waals surface area contributed by atoms with E-state index < -0.39 is 10.8 Å². The first-order valence-electron chi connectivity index (χ1n) is 8.05. The van der Waals surface area contributed by atoms with Crippen molar-refractivity contribution in [3.05, 3.63) is 63.7 Å². The number of hydrogen-bond acceptors (Lipinski definition) is 6. The quantitative estimate of drug-likeness (QED) is 0.526. The van der Waals surface area contributed by atoms with Crippen LogP contribution in [0.5, 0.6) is 5.75 Å². The Kier molecular flexibility index (Phi) is 4.88. The van der Waals surface area contributed by atoms with Crippen LogP contribution in [0.3, 0.4) is 0 Å². The molecule has 3 rings (SSSR count). The third-order valence-corrected chi connectivity index (χ3v) is 3.80. The highest BCUT2D eigenvalue weighted by Gasteiger charge is 2.25. The number of anilines is 1. The van der Waals surface area contributed by atoms with Gasteiger partial charge in [-0.05, 0) is 25.5 Å². The minimum Gasteiger partial charge on any atom is -0.471 e. The number of amides is 1. The zero-order valence-electron chi connectivity index (χ0n) is 15.0. The first-order chi connectivity index (χ1) is 12.8. The highest BCUT2D eigenvalue weighted by molar-refractivity contribution is 6.05. The molecule has 10 nitrogen and oxygen atoms in total. The molecule has 0 radical (unpaired) electrons. The molecule has 0 fully saturated rings. The number of ether oxygens (including phenoxy) is 1. The van der Waals surface area contributed by atoms with Gasteiger partial charge in [-0.2, -0.15) is 10.2 Å². The second-order valence-corrected chi connectivity index (χ2v) is 6.06. The van der Waals surface area contributed by atoms with E-state index in [1.807, 2.05) is 32.0 Å². The van der Waals surface area contributed by atoms with Crippen molar-refractivity contribution in [2.45, 2.75) is 20.6 Å². The number of aryl methyl sites for hydroxylation is 3. The van der Waals surface area contributed by atoms with E-state index in [2.05, 4.69) is 15.5 Å². The van der Waals surface area contributed by atoms with Crippen LogP contribution in [0.1, 0.15) is 21.6 Å². The third kappa shape index (κ3) is 4.11. The summed E-state index contributed by atoms with van der Waals surface area (Å²) in [4.78, 5) is 22.6. The van der Waals surface area contributed by atoms with Crippen molar-refractivity contribution >= 4 is 17.3 Å². The number of nitro groups is 1. The van der Waals surface area contributed by atoms with Crippen LogP contribution >= 0.6 is 0 Å². The predicted molar refractivity (Wildman–Crippen MR) is 96.6 cm³/mol. The molecule has 0 bridgehead atoms. The minimum atomic E-state index is -0.683. The Morgan fingerprint density at radius 2 is 2.11 bits per heavy atom. The summed E-state index contributed by atoms with van der Waals surface area (Å²) in [5, 5.41) is 21.5. The SMILES string of the molecule is Cc1ccc(OCn2cc(NC(=O)c3nn(C)cc3[N+](=O)[O-])cn2)c(C)c1. The van der Waals surface area contributed by atoms with Gasteiger partial charge in [0.15, 0.2) is 6.73 Å². The van der Waals surface area contributed by atoms with Crippen molar-refractivity contribution in [3.63, 3.8) is 0 Å². The van der Waals surface area contributed by atoms with Crippen LogP contribution in [-0.4, -0.2) is 30.4 Å². The first kappa shape index (κ1) is 18.1. The van der Waals surface area contributed by atoms with Crippen LogP contribution in [0.4, 0.5) is 11.4 Å². The fraction of sp³-hybridized carbons (Fsp3) is 0.235. The average Bonchev–Trinajstić information content (AvgIpc) is 3.20. The number of benzene rings is 1. The lowest BCUT2D eigenvalue weighted by atomic mass is 10.1. The molecule has 140 valence electrons. The van der Waals surface area contributed by atoms with Crippen molar-refractivity contribution in [1.82, 2.24) is 19.6 Å². The topological polar surface area (TPSA) is 117 Å². The van der Waals surface area contributed by atoms with E-state index in [1.165, 1.54) is 28.8 Å². The molecule has 0 saturated heterocycles. The molecule has 1 N–H and O–H groups in total. The van der Waals surface area contributed by atoms with E-state index in [0.29, 0.717) is 5.69 Å². The molecular formula is C17H18N6O4. The number of rotatable bonds is 6. The molecule has 1 aromatic carbocycles. The van der Waals surface area contributed by atoms with Gasteiger partial charge in [0.25, 0.3) is 5.91 Å². The highest BCUT2D eigenvalue weighted by atomic mass is 16.6. The zero-order chi connectivity index (χ0) is 19.6. The standard InChI is InChI=1S/C17H18N6O4/c1-11-4-5-15(12(2)6-11)27-10-22-8-13(7-18-22)19-17(24)16-14(23(25)26)9-21(3)20-16/h4-9H,10H2,1-3H3,(H,19,24). The molecule has 2 heterocycles. The molecule has 0 aliphatic heterocycles. The summed E-state index contributed by atoms with van der Waals surface area (Å²) in [6.07, 6.45) is 4.17. The number of carbonyl (C=O) groups is 1. The summed E-state index contributed by atoms with van der Waals surface area (Å²) >= 11 is 0. The molecule has 1 amide bonds. The molecule has 0 atom stereocenters. The Morgan fingerprint density at radius 1 is 1.33 bits per heavy atom. The van der Waals surface area contributed by atoms with Crippen LogP contribution in [0.15, 0.2) is 36.8 Å². The molecule has 0 aliphatic carbocycles. The van der Waals surface area contributed by atoms with E-state index in [4.69, 9.17) is 4.74 Å². The van der Waals surface area contributed by atoms with Crippen molar-refractivity contribution in [2.75, 3.05) is 5.32 Å². The Balaban J connectivity index is 1.66. The number of nitrogens with one attached hydrogen (secondary N) is 1. The monoisotopic (exact) mass is 370 g/mol. The van der Waals surface area contributed by atoms with Gasteiger partial charge in [-0.3, -0.25) is 19.6 Å². The number of nitrogens with zero attached hydrogens (tertiary/aromatic N) is 5. The summed E-state index contributed by atoms with van der Waals surface area (Å²) in [5.41, 5.74) is 1.91. The molecule has 10 heteroatoms. The maximum absolute atomic E-state index is 12.3. The van der Waals surface area contributed by atoms with Gasteiger partial charge in [0.1, 0.15) is 11.9 Å². The molecule has 2 aromatic heterocycles. The van der Waals surface area contributed by atoms with Gasteiger partial charge in [-0.15, -0.1) is 0 Å². The lowest BCUT2D eigenvalue weighted by Crippen LogP contribution is -2.14. The van der Waals surface area contributed by atoms with Gasteiger partial charge < -0.3 is 10.1 Å². The normalized spacial score (nSPS) is 10.6. The van der Waals surface area contributed by atoms with Crippen molar-refractivity contribution in [3.8, 4) is 5.75 Å². The number of aromatic nitrogens is 4. The smallest absolute Gasteiger partial charge is 0.320 e. The Labute approximate surface area is 154 Å². The molecule has 0 spiro atoms. The van der Waals surface area contributed by atoms with E-state index in [-0.39, 0.29) is 18.1 Å². The van der Waals surface area contributed by atoms with Gasteiger partial charge >= 0.3 is 5.69 Å². The molecule has 3 aromatic rings. The van der Waals surface area contributed by atoms with Crippen molar-refractivity contribution < 1.29 is 14.5 Å². The summed E-state index contributed by atoms with van der Waals surface area (Å²) in [7, 11) is 1.51. The number of hydrogen-bond donors (Lipinski definition) is 1. The van der Waals surface area contributed by atoms with E-state index in [9.17, 15) is 14.9 Å². The van der Waals surface area contributed by atoms with Crippen molar-refractivity contribution in [2.24, 2.45) is 7.05 Å². The van der Waals surface area contributed by atoms with Crippen LogP contribution in [-0.2, 0) is 13.8 Å².